The lowest BCUT2D eigenvalue weighted by Gasteiger charge is -2.00. The maximum atomic E-state index is 5.79. The van der Waals surface area contributed by atoms with Crippen molar-refractivity contribution in [1.29, 1.82) is 0 Å². The summed E-state index contributed by atoms with van der Waals surface area (Å²) in [7, 11) is 0. The van der Waals surface area contributed by atoms with E-state index in [1.54, 1.807) is 0 Å². The third-order valence-electron chi connectivity index (χ3n) is 1.27. The molecule has 0 aliphatic rings. The van der Waals surface area contributed by atoms with E-state index in [9.17, 15) is 0 Å². The normalized spacial score (nSPS) is 13.0. The maximum Gasteiger partial charge on any atom is 0.0348 e. The number of benzene rings is 1. The fourth-order valence-corrected chi connectivity index (χ4v) is 1.03. The van der Waals surface area contributed by atoms with Crippen LogP contribution in [0.2, 0.25) is 0 Å². The molecule has 0 nitrogen and oxygen atoms in total. The number of hydrogen-bond acceptors (Lipinski definition) is 0. The van der Waals surface area contributed by atoms with Crippen LogP contribution in [0.4, 0.5) is 0 Å². The van der Waals surface area contributed by atoms with Gasteiger partial charge >= 0.3 is 0 Å². The molecule has 1 unspecified atom stereocenters. The average Bonchev–Trinajstić information content (AvgIpc) is 1.88. The molecule has 10 heavy (non-hydrogen) atoms. The van der Waals surface area contributed by atoms with E-state index < -0.39 is 0 Å². The first-order valence-electron chi connectivity index (χ1n) is 3.38. The summed E-state index contributed by atoms with van der Waals surface area (Å²) in [5.41, 5.74) is 1.19. The summed E-state index contributed by atoms with van der Waals surface area (Å²) in [5, 5.41) is 0.207. The van der Waals surface area contributed by atoms with Crippen LogP contribution in [-0.2, 0) is 6.42 Å². The summed E-state index contributed by atoms with van der Waals surface area (Å²) < 4.78 is 0. The van der Waals surface area contributed by atoms with Gasteiger partial charge in [-0.15, -0.1) is 11.6 Å². The standard InChI is InChI=1S/C9H10Cl/c1-8(10)7-9-5-3-2-4-6-9/h2-5,8H,7H2,1H3. The fourth-order valence-electron chi connectivity index (χ4n) is 0.861. The Hall–Kier alpha value is -0.490. The molecule has 1 radical (unpaired) electrons. The molecular weight excluding hydrogens is 144 g/mol. The molecular formula is C9H10Cl. The SMILES string of the molecule is CC(Cl)Cc1[c]cccc1. The van der Waals surface area contributed by atoms with Crippen LogP contribution in [0.15, 0.2) is 24.3 Å². The van der Waals surface area contributed by atoms with Gasteiger partial charge in [-0.2, -0.15) is 0 Å². The molecule has 53 valence electrons. The Labute approximate surface area is 66.8 Å². The van der Waals surface area contributed by atoms with Crippen LogP contribution in [0.1, 0.15) is 12.5 Å². The van der Waals surface area contributed by atoms with Gasteiger partial charge in [-0.05, 0) is 25.0 Å². The molecule has 0 aromatic heterocycles. The van der Waals surface area contributed by atoms with E-state index in [1.807, 2.05) is 31.2 Å². The van der Waals surface area contributed by atoms with Gasteiger partial charge in [0.25, 0.3) is 0 Å². The van der Waals surface area contributed by atoms with E-state index in [4.69, 9.17) is 11.6 Å². The Morgan fingerprint density at radius 1 is 1.60 bits per heavy atom. The zero-order valence-electron chi connectivity index (χ0n) is 5.97. The first kappa shape index (κ1) is 7.62. The molecule has 0 spiro atoms. The second-order valence-electron chi connectivity index (χ2n) is 2.37. The molecule has 0 saturated carbocycles. The average molecular weight is 154 g/mol. The van der Waals surface area contributed by atoms with Crippen molar-refractivity contribution in [2.75, 3.05) is 0 Å². The van der Waals surface area contributed by atoms with Gasteiger partial charge in [0.1, 0.15) is 0 Å². The highest BCUT2D eigenvalue weighted by Crippen LogP contribution is 2.05. The summed E-state index contributed by atoms with van der Waals surface area (Å²) in [6.07, 6.45) is 0.905. The van der Waals surface area contributed by atoms with Crippen LogP contribution >= 0.6 is 11.6 Å². The molecule has 1 rings (SSSR count). The Balaban J connectivity index is 2.59. The van der Waals surface area contributed by atoms with Crippen LogP contribution < -0.4 is 0 Å². The van der Waals surface area contributed by atoms with Crippen molar-refractivity contribution >= 4 is 11.6 Å². The highest BCUT2D eigenvalue weighted by molar-refractivity contribution is 6.20. The highest BCUT2D eigenvalue weighted by atomic mass is 35.5. The second-order valence-corrected chi connectivity index (χ2v) is 3.12. The lowest BCUT2D eigenvalue weighted by molar-refractivity contribution is 0.930. The van der Waals surface area contributed by atoms with Gasteiger partial charge < -0.3 is 0 Å². The molecule has 0 heterocycles. The van der Waals surface area contributed by atoms with Crippen molar-refractivity contribution in [3.8, 4) is 0 Å². The summed E-state index contributed by atoms with van der Waals surface area (Å²) in [5.74, 6) is 0. The van der Waals surface area contributed by atoms with Crippen molar-refractivity contribution in [3.05, 3.63) is 35.9 Å². The predicted octanol–water partition coefficient (Wildman–Crippen LogP) is 2.66. The molecule has 0 bridgehead atoms. The van der Waals surface area contributed by atoms with Crippen molar-refractivity contribution in [3.63, 3.8) is 0 Å². The molecule has 0 amide bonds. The highest BCUT2D eigenvalue weighted by Gasteiger charge is 1.96. The van der Waals surface area contributed by atoms with E-state index in [0.717, 1.165) is 6.42 Å². The largest absolute Gasteiger partial charge is 0.123 e. The van der Waals surface area contributed by atoms with E-state index in [1.165, 1.54) is 5.56 Å². The third kappa shape index (κ3) is 2.40. The molecule has 0 saturated heterocycles. The molecule has 1 aromatic rings. The molecule has 1 aromatic carbocycles. The molecule has 0 aliphatic carbocycles. The number of hydrogen-bond donors (Lipinski definition) is 0. The first-order valence-corrected chi connectivity index (χ1v) is 3.82. The molecule has 1 heteroatoms. The van der Waals surface area contributed by atoms with Gasteiger partial charge in [0.2, 0.25) is 0 Å². The van der Waals surface area contributed by atoms with Crippen LogP contribution in [0, 0.1) is 6.07 Å². The summed E-state index contributed by atoms with van der Waals surface area (Å²) >= 11 is 5.79. The maximum absolute atomic E-state index is 5.79. The fraction of sp³-hybridized carbons (Fsp3) is 0.333. The number of alkyl halides is 1. The van der Waals surface area contributed by atoms with Gasteiger partial charge in [0, 0.05) is 5.38 Å². The Morgan fingerprint density at radius 3 is 2.90 bits per heavy atom. The zero-order valence-corrected chi connectivity index (χ0v) is 6.73. The smallest absolute Gasteiger partial charge is 0.0348 e. The number of halogens is 1. The molecule has 1 atom stereocenters. The van der Waals surface area contributed by atoms with Crippen LogP contribution in [0.25, 0.3) is 0 Å². The van der Waals surface area contributed by atoms with Crippen molar-refractivity contribution in [2.24, 2.45) is 0 Å². The minimum atomic E-state index is 0.207. The zero-order chi connectivity index (χ0) is 7.40. The Kier molecular flexibility index (Phi) is 2.76. The van der Waals surface area contributed by atoms with Crippen molar-refractivity contribution < 1.29 is 0 Å². The van der Waals surface area contributed by atoms with Gasteiger partial charge in [0.15, 0.2) is 0 Å². The van der Waals surface area contributed by atoms with Gasteiger partial charge in [0.05, 0.1) is 0 Å². The lowest BCUT2D eigenvalue weighted by Crippen LogP contribution is -1.95. The summed E-state index contributed by atoms with van der Waals surface area (Å²) in [6, 6.07) is 11.0. The number of rotatable bonds is 2. The monoisotopic (exact) mass is 153 g/mol. The van der Waals surface area contributed by atoms with Gasteiger partial charge in [-0.1, -0.05) is 24.3 Å². The Morgan fingerprint density at radius 2 is 2.40 bits per heavy atom. The first-order chi connectivity index (χ1) is 4.79. The lowest BCUT2D eigenvalue weighted by atomic mass is 10.1. The van der Waals surface area contributed by atoms with Crippen LogP contribution in [0.3, 0.4) is 0 Å². The van der Waals surface area contributed by atoms with E-state index in [0.29, 0.717) is 0 Å². The topological polar surface area (TPSA) is 0 Å². The molecule has 0 fully saturated rings. The molecule has 0 N–H and O–H groups in total. The quantitative estimate of drug-likeness (QED) is 0.573. The van der Waals surface area contributed by atoms with Gasteiger partial charge in [-0.25, -0.2) is 0 Å². The van der Waals surface area contributed by atoms with E-state index in [2.05, 4.69) is 6.07 Å². The summed E-state index contributed by atoms with van der Waals surface area (Å²) in [6.45, 7) is 1.99. The Bertz CT molecular complexity index is 179. The van der Waals surface area contributed by atoms with Crippen LogP contribution in [-0.4, -0.2) is 5.38 Å². The van der Waals surface area contributed by atoms with Crippen molar-refractivity contribution in [2.45, 2.75) is 18.7 Å². The minimum absolute atomic E-state index is 0.207. The predicted molar refractivity (Wildman–Crippen MR) is 44.3 cm³/mol. The van der Waals surface area contributed by atoms with E-state index in [-0.39, 0.29) is 5.38 Å². The third-order valence-corrected chi connectivity index (χ3v) is 1.43. The molecule has 0 aliphatic heterocycles. The van der Waals surface area contributed by atoms with Gasteiger partial charge in [-0.3, -0.25) is 0 Å². The van der Waals surface area contributed by atoms with Crippen molar-refractivity contribution in [1.82, 2.24) is 0 Å². The minimum Gasteiger partial charge on any atom is -0.123 e. The van der Waals surface area contributed by atoms with E-state index >= 15 is 0 Å². The van der Waals surface area contributed by atoms with Crippen LogP contribution in [0.5, 0.6) is 0 Å². The summed E-state index contributed by atoms with van der Waals surface area (Å²) in [4.78, 5) is 0. The second kappa shape index (κ2) is 3.62.